The van der Waals surface area contributed by atoms with E-state index in [-0.39, 0.29) is 16.4 Å². The number of hydrogen-bond acceptors (Lipinski definition) is 5. The van der Waals surface area contributed by atoms with Crippen molar-refractivity contribution in [2.75, 3.05) is 25.1 Å². The van der Waals surface area contributed by atoms with Crippen LogP contribution in [0.25, 0.3) is 6.08 Å². The van der Waals surface area contributed by atoms with E-state index in [1.807, 2.05) is 6.07 Å². The topological polar surface area (TPSA) is 72.7 Å². The number of nitrogens with zero attached hydrogens (tertiary/aromatic N) is 2. The normalized spacial score (nSPS) is 14.3. The number of rotatable bonds is 6. The van der Waals surface area contributed by atoms with Gasteiger partial charge in [0.1, 0.15) is 11.4 Å². The second-order valence-corrected chi connectivity index (χ2v) is 6.48. The number of ether oxygens (including phenoxy) is 1. The third-order valence-corrected chi connectivity index (χ3v) is 4.67. The summed E-state index contributed by atoms with van der Waals surface area (Å²) in [6, 6.07) is 12.0. The van der Waals surface area contributed by atoms with Crippen LogP contribution in [0.5, 0.6) is 5.75 Å². The molecule has 1 saturated heterocycles. The zero-order valence-corrected chi connectivity index (χ0v) is 15.3. The molecule has 0 spiro atoms. The van der Waals surface area contributed by atoms with E-state index in [1.54, 1.807) is 43.5 Å². The fourth-order valence-electron chi connectivity index (χ4n) is 3.24. The summed E-state index contributed by atoms with van der Waals surface area (Å²) in [4.78, 5) is 25.6. The van der Waals surface area contributed by atoms with Gasteiger partial charge in [0.2, 0.25) is 0 Å². The van der Waals surface area contributed by atoms with Gasteiger partial charge in [-0.3, -0.25) is 14.9 Å². The molecule has 140 valence electrons. The lowest BCUT2D eigenvalue weighted by Gasteiger charge is -2.28. The van der Waals surface area contributed by atoms with Gasteiger partial charge >= 0.3 is 0 Å². The van der Waals surface area contributed by atoms with E-state index < -0.39 is 0 Å². The Hall–Kier alpha value is -3.15. The molecule has 0 bridgehead atoms. The molecule has 0 N–H and O–H groups in total. The van der Waals surface area contributed by atoms with Crippen molar-refractivity contribution in [1.82, 2.24) is 0 Å². The molecular weight excluding hydrogens is 344 g/mol. The van der Waals surface area contributed by atoms with Crippen LogP contribution in [0.3, 0.4) is 0 Å². The van der Waals surface area contributed by atoms with Crippen LogP contribution in [0.2, 0.25) is 0 Å². The molecule has 1 aliphatic heterocycles. The molecule has 2 aromatic carbocycles. The molecule has 1 heterocycles. The van der Waals surface area contributed by atoms with Gasteiger partial charge in [0, 0.05) is 24.7 Å². The highest BCUT2D eigenvalue weighted by molar-refractivity contribution is 6.07. The minimum atomic E-state index is -0.356. The van der Waals surface area contributed by atoms with Crippen molar-refractivity contribution in [3.8, 4) is 5.75 Å². The lowest BCUT2D eigenvalue weighted by molar-refractivity contribution is -0.384. The summed E-state index contributed by atoms with van der Waals surface area (Å²) >= 11 is 0. The Kier molecular flexibility index (Phi) is 5.86. The summed E-state index contributed by atoms with van der Waals surface area (Å²) in [6.45, 7) is 1.68. The Morgan fingerprint density at radius 1 is 1.15 bits per heavy atom. The molecule has 0 unspecified atom stereocenters. The van der Waals surface area contributed by atoms with E-state index >= 15 is 0 Å². The molecule has 1 fully saturated rings. The molecule has 0 radical (unpaired) electrons. The summed E-state index contributed by atoms with van der Waals surface area (Å²) < 4.78 is 5.12. The zero-order valence-electron chi connectivity index (χ0n) is 15.3. The van der Waals surface area contributed by atoms with Crippen LogP contribution in [-0.2, 0) is 0 Å². The van der Waals surface area contributed by atoms with E-state index in [9.17, 15) is 14.9 Å². The monoisotopic (exact) mass is 366 g/mol. The Bertz CT molecular complexity index is 870. The van der Waals surface area contributed by atoms with Crippen molar-refractivity contribution in [3.05, 3.63) is 69.8 Å². The van der Waals surface area contributed by atoms with Crippen molar-refractivity contribution in [3.63, 3.8) is 0 Å². The van der Waals surface area contributed by atoms with Gasteiger partial charge in [-0.05, 0) is 49.1 Å². The Balaban J connectivity index is 1.82. The van der Waals surface area contributed by atoms with Crippen LogP contribution in [0.1, 0.15) is 35.2 Å². The first-order valence-corrected chi connectivity index (χ1v) is 8.98. The number of carbonyl (C=O) groups is 1. The summed E-state index contributed by atoms with van der Waals surface area (Å²) in [5, 5.41) is 11.5. The average molecular weight is 366 g/mol. The second kappa shape index (κ2) is 8.49. The molecule has 6 nitrogen and oxygen atoms in total. The van der Waals surface area contributed by atoms with Crippen LogP contribution >= 0.6 is 0 Å². The highest BCUT2D eigenvalue weighted by Crippen LogP contribution is 2.31. The van der Waals surface area contributed by atoms with Crippen LogP contribution in [0, 0.1) is 10.1 Å². The number of carbonyl (C=O) groups excluding carboxylic acids is 1. The number of methoxy groups -OCH3 is 1. The maximum atomic E-state index is 12.3. The molecule has 0 aliphatic carbocycles. The highest BCUT2D eigenvalue weighted by Gasteiger charge is 2.21. The minimum absolute atomic E-state index is 0.0767. The molecular formula is C21H22N2O4. The number of benzene rings is 2. The minimum Gasteiger partial charge on any atom is -0.497 e. The molecule has 0 aromatic heterocycles. The number of hydrogen-bond donors (Lipinski definition) is 0. The lowest BCUT2D eigenvalue weighted by atomic mass is 10.1. The third kappa shape index (κ3) is 4.53. The predicted molar refractivity (Wildman–Crippen MR) is 106 cm³/mol. The maximum absolute atomic E-state index is 12.3. The van der Waals surface area contributed by atoms with Gasteiger partial charge in [-0.1, -0.05) is 24.3 Å². The van der Waals surface area contributed by atoms with Gasteiger partial charge in [0.15, 0.2) is 5.78 Å². The molecule has 2 aromatic rings. The highest BCUT2D eigenvalue weighted by atomic mass is 16.6. The van der Waals surface area contributed by atoms with Crippen molar-refractivity contribution < 1.29 is 14.5 Å². The Morgan fingerprint density at radius 2 is 1.93 bits per heavy atom. The van der Waals surface area contributed by atoms with Gasteiger partial charge in [0.25, 0.3) is 5.69 Å². The van der Waals surface area contributed by atoms with Crippen molar-refractivity contribution in [1.29, 1.82) is 0 Å². The van der Waals surface area contributed by atoms with Crippen molar-refractivity contribution in [2.24, 2.45) is 0 Å². The molecule has 27 heavy (non-hydrogen) atoms. The van der Waals surface area contributed by atoms with Gasteiger partial charge in [-0.25, -0.2) is 0 Å². The van der Waals surface area contributed by atoms with Crippen molar-refractivity contribution in [2.45, 2.75) is 19.3 Å². The van der Waals surface area contributed by atoms with Gasteiger partial charge in [0.05, 0.1) is 12.0 Å². The molecule has 6 heteroatoms. The first-order chi connectivity index (χ1) is 13.1. The first-order valence-electron chi connectivity index (χ1n) is 8.98. The molecule has 3 rings (SSSR count). The molecule has 0 saturated carbocycles. The average Bonchev–Trinajstić information content (AvgIpc) is 2.72. The lowest BCUT2D eigenvalue weighted by Crippen LogP contribution is -2.29. The number of ketones is 1. The van der Waals surface area contributed by atoms with Gasteiger partial charge in [-0.2, -0.15) is 0 Å². The summed E-state index contributed by atoms with van der Waals surface area (Å²) in [6.07, 6.45) is 6.29. The summed E-state index contributed by atoms with van der Waals surface area (Å²) in [5.74, 6) is 0.424. The van der Waals surface area contributed by atoms with E-state index in [4.69, 9.17) is 4.74 Å². The predicted octanol–water partition coefficient (Wildman–Crippen LogP) is 4.49. The summed E-state index contributed by atoms with van der Waals surface area (Å²) in [5.41, 5.74) is 1.85. The standard InChI is InChI=1S/C21H22N2O4/c1-27-18-7-5-6-17(15-18)21(24)11-9-16-8-10-19(20(14-16)23(25)26)22-12-3-2-4-13-22/h5-11,14-15H,2-4,12-13H2,1H3. The SMILES string of the molecule is COc1cccc(C(=O)C=Cc2ccc(N3CCCCC3)c([N+](=O)[O-])c2)c1. The number of nitro benzene ring substituents is 1. The maximum Gasteiger partial charge on any atom is 0.293 e. The van der Waals surface area contributed by atoms with Crippen LogP contribution < -0.4 is 9.64 Å². The fraction of sp³-hybridized carbons (Fsp3) is 0.286. The van der Waals surface area contributed by atoms with Gasteiger partial charge < -0.3 is 9.64 Å². The molecule has 0 atom stereocenters. The smallest absolute Gasteiger partial charge is 0.293 e. The summed E-state index contributed by atoms with van der Waals surface area (Å²) in [7, 11) is 1.54. The number of nitro groups is 1. The van der Waals surface area contributed by atoms with E-state index in [1.165, 1.54) is 12.1 Å². The molecule has 0 amide bonds. The first kappa shape index (κ1) is 18.6. The number of piperidine rings is 1. The Morgan fingerprint density at radius 3 is 2.63 bits per heavy atom. The third-order valence-electron chi connectivity index (χ3n) is 4.67. The number of allylic oxidation sites excluding steroid dienone is 1. The van der Waals surface area contributed by atoms with Crippen LogP contribution in [0.4, 0.5) is 11.4 Å². The molecule has 1 aliphatic rings. The zero-order chi connectivity index (χ0) is 19.2. The second-order valence-electron chi connectivity index (χ2n) is 6.48. The van der Waals surface area contributed by atoms with Crippen LogP contribution in [-0.4, -0.2) is 30.9 Å². The largest absolute Gasteiger partial charge is 0.497 e. The van der Waals surface area contributed by atoms with E-state index in [0.717, 1.165) is 32.4 Å². The Labute approximate surface area is 158 Å². The van der Waals surface area contributed by atoms with Crippen LogP contribution in [0.15, 0.2) is 48.5 Å². The number of anilines is 1. The van der Waals surface area contributed by atoms with E-state index in [2.05, 4.69) is 4.90 Å². The van der Waals surface area contributed by atoms with Crippen molar-refractivity contribution >= 4 is 23.2 Å². The van der Waals surface area contributed by atoms with Gasteiger partial charge in [-0.15, -0.1) is 0 Å². The quantitative estimate of drug-likeness (QED) is 0.326. The fourth-order valence-corrected chi connectivity index (χ4v) is 3.24. The van der Waals surface area contributed by atoms with E-state index in [0.29, 0.717) is 22.6 Å².